The summed E-state index contributed by atoms with van der Waals surface area (Å²) in [6.07, 6.45) is 0. The summed E-state index contributed by atoms with van der Waals surface area (Å²) in [6.45, 7) is 0. The average Bonchev–Trinajstić information content (AvgIpc) is 2.76. The molecule has 0 saturated heterocycles. The molecule has 0 radical (unpaired) electrons. The van der Waals surface area contributed by atoms with Gasteiger partial charge in [-0.2, -0.15) is 11.8 Å². The largest absolute Gasteiger partial charge is 0.152 e. The van der Waals surface area contributed by atoms with Crippen LogP contribution < -0.4 is 0 Å². The molecule has 0 nitrogen and oxygen atoms in total. The molecule has 0 fully saturated rings. The van der Waals surface area contributed by atoms with Gasteiger partial charge in [0.05, 0.1) is 0 Å². The van der Waals surface area contributed by atoms with Gasteiger partial charge in [0.15, 0.2) is 0 Å². The fraction of sp³-hybridized carbons (Fsp3) is 0.0769. The van der Waals surface area contributed by atoms with Gasteiger partial charge in [0.2, 0.25) is 0 Å². The molecule has 0 spiro atoms. The molecule has 1 heteroatoms. The van der Waals surface area contributed by atoms with Crippen LogP contribution in [0, 0.1) is 0 Å². The topological polar surface area (TPSA) is 0 Å². The molecule has 0 heterocycles. The Bertz CT molecular complexity index is 908. The second-order valence-electron chi connectivity index (χ2n) is 6.54. The highest BCUT2D eigenvalue weighted by molar-refractivity contribution is 7.97. The number of benzene rings is 4. The minimum absolute atomic E-state index is 1.01. The van der Waals surface area contributed by atoms with Gasteiger partial charge in [0.25, 0.3) is 0 Å². The summed E-state index contributed by atoms with van der Waals surface area (Å²) < 4.78 is 0. The summed E-state index contributed by atoms with van der Waals surface area (Å²) in [6, 6.07) is 38.8. The molecule has 4 aromatic carbocycles. The highest BCUT2D eigenvalue weighted by Crippen LogP contribution is 2.30. The van der Waals surface area contributed by atoms with Crippen molar-refractivity contribution in [3.8, 4) is 22.3 Å². The van der Waals surface area contributed by atoms with Crippen molar-refractivity contribution in [2.45, 2.75) is 11.5 Å². The van der Waals surface area contributed by atoms with Gasteiger partial charge >= 0.3 is 0 Å². The monoisotopic (exact) mass is 366 g/mol. The highest BCUT2D eigenvalue weighted by atomic mass is 32.2. The Kier molecular flexibility index (Phi) is 5.71. The molecule has 4 rings (SSSR count). The van der Waals surface area contributed by atoms with E-state index in [4.69, 9.17) is 0 Å². The lowest BCUT2D eigenvalue weighted by Gasteiger charge is -2.12. The van der Waals surface area contributed by atoms with E-state index in [-0.39, 0.29) is 0 Å². The first-order valence-electron chi connectivity index (χ1n) is 9.26. The molecule has 0 aliphatic carbocycles. The first-order chi connectivity index (χ1) is 13.4. The Morgan fingerprint density at radius 1 is 0.407 bits per heavy atom. The van der Waals surface area contributed by atoms with Crippen molar-refractivity contribution in [2.75, 3.05) is 0 Å². The molecular weight excluding hydrogens is 344 g/mol. The molecule has 0 aliphatic rings. The summed E-state index contributed by atoms with van der Waals surface area (Å²) in [5.41, 5.74) is 8.04. The van der Waals surface area contributed by atoms with Crippen molar-refractivity contribution in [3.05, 3.63) is 120 Å². The number of hydrogen-bond donors (Lipinski definition) is 0. The maximum absolute atomic E-state index is 2.25. The Morgan fingerprint density at radius 3 is 1.22 bits per heavy atom. The Labute approximate surface area is 165 Å². The van der Waals surface area contributed by atoms with E-state index in [0.717, 1.165) is 11.5 Å². The van der Waals surface area contributed by atoms with Crippen molar-refractivity contribution in [3.63, 3.8) is 0 Å². The van der Waals surface area contributed by atoms with E-state index in [1.54, 1.807) is 0 Å². The summed E-state index contributed by atoms with van der Waals surface area (Å²) in [5, 5.41) is 0. The maximum Gasteiger partial charge on any atom is 0.0194 e. The van der Waals surface area contributed by atoms with Crippen molar-refractivity contribution in [1.82, 2.24) is 0 Å². The minimum atomic E-state index is 1.01. The van der Waals surface area contributed by atoms with Crippen LogP contribution in [-0.2, 0) is 11.5 Å². The molecule has 0 aromatic heterocycles. The molecule has 0 unspecified atom stereocenters. The van der Waals surface area contributed by atoms with E-state index >= 15 is 0 Å². The summed E-state index contributed by atoms with van der Waals surface area (Å²) >= 11 is 1.98. The van der Waals surface area contributed by atoms with Crippen molar-refractivity contribution in [2.24, 2.45) is 0 Å². The standard InChI is InChI=1S/C26H22S/c1-3-11-21(12-4-1)25-17-9-7-15-23(25)19-27-20-24-16-8-10-18-26(24)22-13-5-2-6-14-22/h1-18H,19-20H2. The predicted octanol–water partition coefficient (Wildman–Crippen LogP) is 7.45. The highest BCUT2D eigenvalue weighted by Gasteiger charge is 2.07. The molecule has 132 valence electrons. The third-order valence-corrected chi connectivity index (χ3v) is 5.75. The van der Waals surface area contributed by atoms with Crippen LogP contribution in [-0.4, -0.2) is 0 Å². The predicted molar refractivity (Wildman–Crippen MR) is 119 cm³/mol. The van der Waals surface area contributed by atoms with Gasteiger partial charge in [0, 0.05) is 11.5 Å². The average molecular weight is 367 g/mol. The fourth-order valence-electron chi connectivity index (χ4n) is 3.36. The number of rotatable bonds is 6. The summed E-state index contributed by atoms with van der Waals surface area (Å²) in [7, 11) is 0. The lowest BCUT2D eigenvalue weighted by molar-refractivity contribution is 1.36. The van der Waals surface area contributed by atoms with Crippen molar-refractivity contribution in [1.29, 1.82) is 0 Å². The SMILES string of the molecule is c1ccc(-c2ccccc2CSCc2ccccc2-c2ccccc2)cc1. The van der Waals surface area contributed by atoms with Gasteiger partial charge in [-0.25, -0.2) is 0 Å². The van der Waals surface area contributed by atoms with Crippen molar-refractivity contribution >= 4 is 11.8 Å². The van der Waals surface area contributed by atoms with Gasteiger partial charge in [-0.05, 0) is 33.4 Å². The van der Waals surface area contributed by atoms with Crippen LogP contribution >= 0.6 is 11.8 Å². The van der Waals surface area contributed by atoms with Crippen LogP contribution in [0.25, 0.3) is 22.3 Å². The van der Waals surface area contributed by atoms with Crippen molar-refractivity contribution < 1.29 is 0 Å². The first kappa shape index (κ1) is 17.6. The van der Waals surface area contributed by atoms with E-state index in [1.807, 2.05) is 11.8 Å². The maximum atomic E-state index is 2.25. The van der Waals surface area contributed by atoms with E-state index < -0.39 is 0 Å². The molecule has 0 atom stereocenters. The third kappa shape index (κ3) is 4.32. The molecule has 0 aliphatic heterocycles. The number of hydrogen-bond acceptors (Lipinski definition) is 1. The fourth-order valence-corrected chi connectivity index (χ4v) is 4.41. The summed E-state index contributed by atoms with van der Waals surface area (Å²) in [4.78, 5) is 0. The van der Waals surface area contributed by atoms with Crippen LogP contribution in [0.3, 0.4) is 0 Å². The van der Waals surface area contributed by atoms with Crippen LogP contribution in [0.4, 0.5) is 0 Å². The molecular formula is C26H22S. The van der Waals surface area contributed by atoms with E-state index in [9.17, 15) is 0 Å². The first-order valence-corrected chi connectivity index (χ1v) is 10.4. The minimum Gasteiger partial charge on any atom is -0.152 e. The van der Waals surface area contributed by atoms with Gasteiger partial charge in [-0.15, -0.1) is 0 Å². The quantitative estimate of drug-likeness (QED) is 0.341. The van der Waals surface area contributed by atoms with Gasteiger partial charge in [0.1, 0.15) is 0 Å². The normalized spacial score (nSPS) is 10.7. The zero-order valence-corrected chi connectivity index (χ0v) is 16.0. The van der Waals surface area contributed by atoms with E-state index in [2.05, 4.69) is 109 Å². The van der Waals surface area contributed by atoms with Gasteiger partial charge in [-0.1, -0.05) is 109 Å². The Morgan fingerprint density at radius 2 is 0.778 bits per heavy atom. The second kappa shape index (κ2) is 8.75. The Balaban J connectivity index is 1.51. The van der Waals surface area contributed by atoms with Crippen LogP contribution in [0.1, 0.15) is 11.1 Å². The zero-order valence-electron chi connectivity index (χ0n) is 15.2. The lowest BCUT2D eigenvalue weighted by Crippen LogP contribution is -1.90. The van der Waals surface area contributed by atoms with Gasteiger partial charge in [-0.3, -0.25) is 0 Å². The molecule has 0 saturated carbocycles. The molecule has 0 bridgehead atoms. The smallest absolute Gasteiger partial charge is 0.0194 e. The molecule has 27 heavy (non-hydrogen) atoms. The number of thioether (sulfide) groups is 1. The Hall–Kier alpha value is -2.77. The second-order valence-corrected chi connectivity index (χ2v) is 7.52. The zero-order chi connectivity index (χ0) is 18.3. The third-order valence-electron chi connectivity index (χ3n) is 4.72. The molecule has 0 N–H and O–H groups in total. The van der Waals surface area contributed by atoms with E-state index in [1.165, 1.54) is 33.4 Å². The lowest BCUT2D eigenvalue weighted by atomic mass is 10.0. The molecule has 4 aromatic rings. The van der Waals surface area contributed by atoms with Crippen LogP contribution in [0.2, 0.25) is 0 Å². The van der Waals surface area contributed by atoms with Crippen LogP contribution in [0.5, 0.6) is 0 Å². The summed E-state index contributed by atoms with van der Waals surface area (Å²) in [5.74, 6) is 2.02. The molecule has 0 amide bonds. The van der Waals surface area contributed by atoms with Gasteiger partial charge < -0.3 is 0 Å². The van der Waals surface area contributed by atoms with E-state index in [0.29, 0.717) is 0 Å². The van der Waals surface area contributed by atoms with Crippen LogP contribution in [0.15, 0.2) is 109 Å².